The number of amides is 1. The minimum atomic E-state index is -0.433. The predicted molar refractivity (Wildman–Crippen MR) is 85.1 cm³/mol. The molecule has 7 nitrogen and oxygen atoms in total. The molecule has 2 unspecified atom stereocenters. The molecule has 0 spiro atoms. The largest absolute Gasteiger partial charge is 0.366 e. The second-order valence-corrected chi connectivity index (χ2v) is 5.75. The van der Waals surface area contributed by atoms with Crippen LogP contribution in [0.5, 0.6) is 0 Å². The molecule has 3 N–H and O–H groups in total. The topological polar surface area (TPSA) is 102 Å². The molecule has 1 aromatic carbocycles. The number of hydrogen-bond donors (Lipinski definition) is 2. The van der Waals surface area contributed by atoms with Crippen molar-refractivity contribution in [2.75, 3.05) is 25.0 Å². The molecule has 0 aromatic heterocycles. The predicted octanol–water partition coefficient (Wildman–Crippen LogP) is 1.52. The molecule has 1 saturated heterocycles. The number of nitro benzene ring substituents is 1. The Labute approximate surface area is 129 Å². The zero-order valence-electron chi connectivity index (χ0n) is 12.9. The minimum absolute atomic E-state index is 0.0357. The Balaban J connectivity index is 2.33. The highest BCUT2D eigenvalue weighted by atomic mass is 16.6. The van der Waals surface area contributed by atoms with E-state index >= 15 is 0 Å². The van der Waals surface area contributed by atoms with E-state index in [0.717, 1.165) is 19.4 Å². The van der Waals surface area contributed by atoms with Crippen LogP contribution in [0.25, 0.3) is 0 Å². The maximum atomic E-state index is 11.7. The van der Waals surface area contributed by atoms with Gasteiger partial charge in [-0.05, 0) is 37.8 Å². The SMILES string of the molecule is CNC(=O)c1ccc(N2CCCC(C(C)N)C2)c([N+](=O)[O-])c1. The monoisotopic (exact) mass is 306 g/mol. The number of carbonyl (C=O) groups excluding carboxylic acids is 1. The van der Waals surface area contributed by atoms with Crippen molar-refractivity contribution in [3.8, 4) is 0 Å². The number of benzene rings is 1. The number of nitrogens with zero attached hydrogens (tertiary/aromatic N) is 2. The van der Waals surface area contributed by atoms with Gasteiger partial charge in [0, 0.05) is 37.8 Å². The summed E-state index contributed by atoms with van der Waals surface area (Å²) in [5.41, 5.74) is 6.79. The van der Waals surface area contributed by atoms with E-state index in [2.05, 4.69) is 5.32 Å². The van der Waals surface area contributed by atoms with Crippen molar-refractivity contribution in [2.45, 2.75) is 25.8 Å². The van der Waals surface area contributed by atoms with E-state index in [1.165, 1.54) is 13.1 Å². The van der Waals surface area contributed by atoms with Crippen LogP contribution in [0.15, 0.2) is 18.2 Å². The maximum absolute atomic E-state index is 11.7. The highest BCUT2D eigenvalue weighted by Crippen LogP contribution is 2.33. The molecular formula is C15H22N4O3. The van der Waals surface area contributed by atoms with Crippen LogP contribution in [-0.2, 0) is 0 Å². The van der Waals surface area contributed by atoms with Crippen molar-refractivity contribution in [1.29, 1.82) is 0 Å². The van der Waals surface area contributed by atoms with E-state index in [4.69, 9.17) is 5.73 Å². The minimum Gasteiger partial charge on any atom is -0.366 e. The van der Waals surface area contributed by atoms with Gasteiger partial charge < -0.3 is 16.0 Å². The van der Waals surface area contributed by atoms with Crippen LogP contribution in [0.1, 0.15) is 30.1 Å². The van der Waals surface area contributed by atoms with Gasteiger partial charge in [0.05, 0.1) is 4.92 Å². The van der Waals surface area contributed by atoms with Gasteiger partial charge in [-0.25, -0.2) is 0 Å². The normalized spacial score (nSPS) is 19.6. The lowest BCUT2D eigenvalue weighted by Crippen LogP contribution is -2.42. The summed E-state index contributed by atoms with van der Waals surface area (Å²) in [4.78, 5) is 24.6. The van der Waals surface area contributed by atoms with E-state index in [0.29, 0.717) is 23.7 Å². The van der Waals surface area contributed by atoms with Gasteiger partial charge in [-0.15, -0.1) is 0 Å². The van der Waals surface area contributed by atoms with Gasteiger partial charge in [0.1, 0.15) is 5.69 Å². The number of rotatable bonds is 4. The van der Waals surface area contributed by atoms with Crippen molar-refractivity contribution in [1.82, 2.24) is 5.32 Å². The molecule has 1 aromatic rings. The highest BCUT2D eigenvalue weighted by Gasteiger charge is 2.27. The Morgan fingerprint density at radius 2 is 2.27 bits per heavy atom. The first-order chi connectivity index (χ1) is 10.4. The quantitative estimate of drug-likeness (QED) is 0.648. The molecule has 1 aliphatic rings. The molecule has 1 aliphatic heterocycles. The molecule has 1 heterocycles. The lowest BCUT2D eigenvalue weighted by Gasteiger charge is -2.35. The first-order valence-electron chi connectivity index (χ1n) is 7.45. The van der Waals surface area contributed by atoms with Gasteiger partial charge >= 0.3 is 0 Å². The molecule has 0 aliphatic carbocycles. The first-order valence-corrected chi connectivity index (χ1v) is 7.45. The van der Waals surface area contributed by atoms with Crippen LogP contribution in [-0.4, -0.2) is 37.0 Å². The average Bonchev–Trinajstić information content (AvgIpc) is 2.53. The third-order valence-corrected chi connectivity index (χ3v) is 4.20. The van der Waals surface area contributed by atoms with Gasteiger partial charge in [-0.3, -0.25) is 14.9 Å². The molecule has 7 heteroatoms. The summed E-state index contributed by atoms with van der Waals surface area (Å²) in [6.45, 7) is 3.44. The summed E-state index contributed by atoms with van der Waals surface area (Å²) in [6, 6.07) is 4.68. The summed E-state index contributed by atoms with van der Waals surface area (Å²) in [5.74, 6) is -0.00581. The van der Waals surface area contributed by atoms with E-state index in [-0.39, 0.29) is 17.6 Å². The number of nitrogens with one attached hydrogen (secondary N) is 1. The zero-order chi connectivity index (χ0) is 16.3. The summed E-state index contributed by atoms with van der Waals surface area (Å²) < 4.78 is 0. The lowest BCUT2D eigenvalue weighted by molar-refractivity contribution is -0.384. The number of piperidine rings is 1. The van der Waals surface area contributed by atoms with Gasteiger partial charge in [-0.2, -0.15) is 0 Å². The Morgan fingerprint density at radius 3 is 2.86 bits per heavy atom. The van der Waals surface area contributed by atoms with E-state index in [1.54, 1.807) is 12.1 Å². The molecule has 22 heavy (non-hydrogen) atoms. The van der Waals surface area contributed by atoms with Crippen molar-refractivity contribution in [3.05, 3.63) is 33.9 Å². The Bertz CT molecular complexity index is 574. The number of nitrogens with two attached hydrogens (primary N) is 1. The van der Waals surface area contributed by atoms with Crippen molar-refractivity contribution in [3.63, 3.8) is 0 Å². The first kappa shape index (κ1) is 16.2. The van der Waals surface area contributed by atoms with Gasteiger partial charge in [-0.1, -0.05) is 0 Å². The zero-order valence-corrected chi connectivity index (χ0v) is 12.9. The Hall–Kier alpha value is -2.15. The van der Waals surface area contributed by atoms with Gasteiger partial charge in [0.2, 0.25) is 0 Å². The number of nitro groups is 1. The van der Waals surface area contributed by atoms with E-state index in [9.17, 15) is 14.9 Å². The molecule has 120 valence electrons. The van der Waals surface area contributed by atoms with Crippen LogP contribution in [0.2, 0.25) is 0 Å². The van der Waals surface area contributed by atoms with Crippen LogP contribution in [0, 0.1) is 16.0 Å². The van der Waals surface area contributed by atoms with Crippen molar-refractivity contribution in [2.24, 2.45) is 11.7 Å². The van der Waals surface area contributed by atoms with Crippen LogP contribution < -0.4 is 16.0 Å². The average molecular weight is 306 g/mol. The molecule has 2 atom stereocenters. The molecule has 0 saturated carbocycles. The third kappa shape index (κ3) is 3.36. The summed E-state index contributed by atoms with van der Waals surface area (Å²) in [7, 11) is 1.50. The van der Waals surface area contributed by atoms with E-state index < -0.39 is 4.92 Å². The molecule has 2 rings (SSSR count). The molecule has 1 fully saturated rings. The Kier molecular flexibility index (Phi) is 4.97. The number of hydrogen-bond acceptors (Lipinski definition) is 5. The van der Waals surface area contributed by atoms with Gasteiger partial charge in [0.25, 0.3) is 11.6 Å². The van der Waals surface area contributed by atoms with Crippen LogP contribution in [0.4, 0.5) is 11.4 Å². The lowest BCUT2D eigenvalue weighted by atomic mass is 9.91. The fourth-order valence-electron chi connectivity index (χ4n) is 2.88. The Morgan fingerprint density at radius 1 is 1.55 bits per heavy atom. The smallest absolute Gasteiger partial charge is 0.293 e. The molecule has 0 bridgehead atoms. The van der Waals surface area contributed by atoms with Crippen molar-refractivity contribution < 1.29 is 9.72 Å². The summed E-state index contributed by atoms with van der Waals surface area (Å²) >= 11 is 0. The standard InChI is InChI=1S/C15H22N4O3/c1-10(16)12-4-3-7-18(9-12)13-6-5-11(15(20)17-2)8-14(13)19(21)22/h5-6,8,10,12H,3-4,7,9,16H2,1-2H3,(H,17,20). The molecule has 1 amide bonds. The molecular weight excluding hydrogens is 284 g/mol. The van der Waals surface area contributed by atoms with Crippen molar-refractivity contribution >= 4 is 17.3 Å². The summed E-state index contributed by atoms with van der Waals surface area (Å²) in [5, 5.41) is 13.8. The number of anilines is 1. The number of carbonyl (C=O) groups is 1. The van der Waals surface area contributed by atoms with E-state index in [1.807, 2.05) is 11.8 Å². The summed E-state index contributed by atoms with van der Waals surface area (Å²) in [6.07, 6.45) is 2.00. The van der Waals surface area contributed by atoms with Crippen LogP contribution in [0.3, 0.4) is 0 Å². The van der Waals surface area contributed by atoms with Gasteiger partial charge in [0.15, 0.2) is 0 Å². The maximum Gasteiger partial charge on any atom is 0.293 e. The van der Waals surface area contributed by atoms with Crippen LogP contribution >= 0.6 is 0 Å². The second-order valence-electron chi connectivity index (χ2n) is 5.75. The molecule has 0 radical (unpaired) electrons. The fraction of sp³-hybridized carbons (Fsp3) is 0.533. The second kappa shape index (κ2) is 6.74. The third-order valence-electron chi connectivity index (χ3n) is 4.20. The highest BCUT2D eigenvalue weighted by molar-refractivity contribution is 5.95. The fourth-order valence-corrected chi connectivity index (χ4v) is 2.88.